The van der Waals surface area contributed by atoms with Crippen LogP contribution in [0.5, 0.6) is 5.75 Å². The molecule has 0 radical (unpaired) electrons. The largest absolute Gasteiger partial charge is 0.483 e. The van der Waals surface area contributed by atoms with Gasteiger partial charge in [-0.15, -0.1) is 11.3 Å². The molecule has 0 unspecified atom stereocenters. The number of hydrogen-bond donors (Lipinski definition) is 3. The molecule has 39 heavy (non-hydrogen) atoms. The molecule has 4 aromatic rings. The van der Waals surface area contributed by atoms with Gasteiger partial charge in [-0.2, -0.15) is 13.2 Å². The number of amides is 2. The zero-order valence-electron chi connectivity index (χ0n) is 20.1. The Kier molecular flexibility index (Phi) is 7.85. The molecule has 0 saturated carbocycles. The maximum atomic E-state index is 14.7. The number of carbonyl (C=O) groups excluding carboxylic acids is 2. The van der Waals surface area contributed by atoms with E-state index >= 15 is 0 Å². The maximum absolute atomic E-state index is 14.7. The molecule has 4 rings (SSSR count). The third-order valence-electron chi connectivity index (χ3n) is 5.52. The van der Waals surface area contributed by atoms with E-state index in [4.69, 9.17) is 10.5 Å². The van der Waals surface area contributed by atoms with Crippen molar-refractivity contribution in [2.45, 2.75) is 19.3 Å². The molecule has 0 aliphatic carbocycles. The van der Waals surface area contributed by atoms with E-state index in [1.807, 2.05) is 0 Å². The van der Waals surface area contributed by atoms with E-state index in [0.29, 0.717) is 5.69 Å². The number of hydrogen-bond acceptors (Lipinski definition) is 6. The zero-order valence-corrected chi connectivity index (χ0v) is 20.9. The number of benzene rings is 2. The molecule has 0 spiro atoms. The van der Waals surface area contributed by atoms with Gasteiger partial charge in [0.25, 0.3) is 5.91 Å². The summed E-state index contributed by atoms with van der Waals surface area (Å²) >= 11 is 0.992. The number of primary amides is 1. The number of halogens is 5. The van der Waals surface area contributed by atoms with Crippen molar-refractivity contribution in [3.8, 4) is 17.0 Å². The highest BCUT2D eigenvalue weighted by Crippen LogP contribution is 2.34. The third-order valence-corrected chi connectivity index (χ3v) is 6.28. The molecule has 0 bridgehead atoms. The first kappa shape index (κ1) is 27.6. The number of anilines is 2. The minimum absolute atomic E-state index is 0.0184. The van der Waals surface area contributed by atoms with Gasteiger partial charge in [-0.05, 0) is 24.3 Å². The summed E-state index contributed by atoms with van der Waals surface area (Å²) < 4.78 is 75.3. The van der Waals surface area contributed by atoms with Gasteiger partial charge in [-0.25, -0.2) is 13.8 Å². The fourth-order valence-electron chi connectivity index (χ4n) is 3.78. The minimum Gasteiger partial charge on any atom is -0.483 e. The molecule has 8 nitrogen and oxygen atoms in total. The highest BCUT2D eigenvalue weighted by atomic mass is 32.1. The number of aromatic nitrogens is 2. The van der Waals surface area contributed by atoms with Crippen molar-refractivity contribution in [1.82, 2.24) is 9.55 Å². The summed E-state index contributed by atoms with van der Waals surface area (Å²) in [4.78, 5) is 28.4. The quantitative estimate of drug-likeness (QED) is 0.240. The third kappa shape index (κ3) is 6.17. The van der Waals surface area contributed by atoms with Crippen LogP contribution >= 0.6 is 11.3 Å². The fourth-order valence-corrected chi connectivity index (χ4v) is 4.51. The lowest BCUT2D eigenvalue weighted by Gasteiger charge is -2.14. The lowest BCUT2D eigenvalue weighted by atomic mass is 10.1. The Hall–Kier alpha value is -4.46. The van der Waals surface area contributed by atoms with Crippen LogP contribution in [-0.2, 0) is 24.1 Å². The van der Waals surface area contributed by atoms with E-state index in [2.05, 4.69) is 15.6 Å². The molecule has 204 valence electrons. The number of thiazole rings is 1. The Labute approximate surface area is 222 Å². The predicted molar refractivity (Wildman–Crippen MR) is 134 cm³/mol. The molecule has 0 fully saturated rings. The second-order valence-electron chi connectivity index (χ2n) is 8.12. The number of nitrogens with zero attached hydrogens (tertiary/aromatic N) is 2. The second-order valence-corrected chi connectivity index (χ2v) is 8.98. The molecular formula is C25H20F5N5O3S. The van der Waals surface area contributed by atoms with E-state index in [9.17, 15) is 31.5 Å². The molecule has 0 atom stereocenters. The average Bonchev–Trinajstić information content (AvgIpc) is 3.50. The summed E-state index contributed by atoms with van der Waals surface area (Å²) in [7, 11) is 1.60. The molecule has 2 aromatic heterocycles. The molecular weight excluding hydrogens is 545 g/mol. The summed E-state index contributed by atoms with van der Waals surface area (Å²) in [6.45, 7) is -0.952. The maximum Gasteiger partial charge on any atom is 0.416 e. The smallest absolute Gasteiger partial charge is 0.416 e. The Morgan fingerprint density at radius 1 is 1.13 bits per heavy atom. The van der Waals surface area contributed by atoms with Crippen LogP contribution in [0.2, 0.25) is 0 Å². The van der Waals surface area contributed by atoms with Crippen LogP contribution in [-0.4, -0.2) is 28.4 Å². The first-order valence-corrected chi connectivity index (χ1v) is 12.0. The van der Waals surface area contributed by atoms with E-state index in [0.717, 1.165) is 35.6 Å². The topological polar surface area (TPSA) is 111 Å². The van der Waals surface area contributed by atoms with Crippen LogP contribution in [0.15, 0.2) is 54.0 Å². The van der Waals surface area contributed by atoms with Crippen LogP contribution in [0, 0.1) is 11.6 Å². The van der Waals surface area contributed by atoms with Crippen LogP contribution in [0.3, 0.4) is 0 Å². The molecule has 2 amide bonds. The number of carbonyl (C=O) groups is 2. The van der Waals surface area contributed by atoms with Gasteiger partial charge < -0.3 is 25.7 Å². The normalized spacial score (nSPS) is 11.3. The predicted octanol–water partition coefficient (Wildman–Crippen LogP) is 5.27. The standard InChI is InChI=1S/C25H20F5N5O3S/c1-32-18-6-7-35(21(18)23(31)37)10-20(36)34-24-33-19(12-39-24)14-8-16(26)22(17(27)9-14)38-11-13-4-2-3-5-15(13)25(28,29)30/h2-9,12,32H,10-11H2,1H3,(H2,31,37)(H,33,34,36). The van der Waals surface area contributed by atoms with Gasteiger partial charge in [0.1, 0.15) is 18.8 Å². The minimum atomic E-state index is -4.65. The summed E-state index contributed by atoms with van der Waals surface area (Å²) in [5.74, 6) is -4.37. The molecule has 14 heteroatoms. The van der Waals surface area contributed by atoms with Crippen molar-refractivity contribution in [2.75, 3.05) is 17.7 Å². The van der Waals surface area contributed by atoms with Gasteiger partial charge in [-0.3, -0.25) is 9.59 Å². The van der Waals surface area contributed by atoms with Gasteiger partial charge in [0.2, 0.25) is 5.91 Å². The van der Waals surface area contributed by atoms with E-state index < -0.39 is 47.5 Å². The lowest BCUT2D eigenvalue weighted by Crippen LogP contribution is -2.24. The van der Waals surface area contributed by atoms with Crippen molar-refractivity contribution in [2.24, 2.45) is 5.73 Å². The number of rotatable bonds is 9. The van der Waals surface area contributed by atoms with Gasteiger partial charge in [-0.1, -0.05) is 18.2 Å². The summed E-state index contributed by atoms with van der Waals surface area (Å²) in [5.41, 5.74) is 4.85. The van der Waals surface area contributed by atoms with Gasteiger partial charge in [0, 0.05) is 29.8 Å². The average molecular weight is 566 g/mol. The molecule has 0 aliphatic rings. The molecule has 4 N–H and O–H groups in total. The van der Waals surface area contributed by atoms with Crippen LogP contribution in [0.1, 0.15) is 21.6 Å². The first-order chi connectivity index (χ1) is 18.5. The van der Waals surface area contributed by atoms with Gasteiger partial charge >= 0.3 is 6.18 Å². The van der Waals surface area contributed by atoms with E-state index in [1.165, 1.54) is 28.3 Å². The highest BCUT2D eigenvalue weighted by molar-refractivity contribution is 7.14. The van der Waals surface area contributed by atoms with Gasteiger partial charge in [0.15, 0.2) is 22.5 Å². The Morgan fingerprint density at radius 3 is 2.46 bits per heavy atom. The molecule has 2 heterocycles. The highest BCUT2D eigenvalue weighted by Gasteiger charge is 2.33. The monoisotopic (exact) mass is 565 g/mol. The molecule has 0 aliphatic heterocycles. The number of nitrogens with two attached hydrogens (primary N) is 1. The fraction of sp³-hybridized carbons (Fsp3) is 0.160. The Morgan fingerprint density at radius 2 is 1.82 bits per heavy atom. The lowest BCUT2D eigenvalue weighted by molar-refractivity contribution is -0.138. The summed E-state index contributed by atoms with van der Waals surface area (Å²) in [6, 6.07) is 7.99. The number of ether oxygens (including phenoxy) is 1. The van der Waals surface area contributed by atoms with Crippen LogP contribution in [0.25, 0.3) is 11.3 Å². The summed E-state index contributed by atoms with van der Waals surface area (Å²) in [6.07, 6.45) is -3.14. The second kappa shape index (κ2) is 11.1. The van der Waals surface area contributed by atoms with Crippen LogP contribution in [0.4, 0.5) is 32.8 Å². The van der Waals surface area contributed by atoms with Crippen molar-refractivity contribution in [3.05, 3.63) is 82.5 Å². The van der Waals surface area contributed by atoms with Gasteiger partial charge in [0.05, 0.1) is 16.9 Å². The molecule has 0 saturated heterocycles. The molecule has 2 aromatic carbocycles. The number of nitrogens with one attached hydrogen (secondary N) is 2. The van der Waals surface area contributed by atoms with Crippen molar-refractivity contribution >= 4 is 34.0 Å². The first-order valence-electron chi connectivity index (χ1n) is 11.2. The SMILES string of the molecule is CNc1ccn(CC(=O)Nc2nc(-c3cc(F)c(OCc4ccccc4C(F)(F)F)c(F)c3)cs2)c1C(N)=O. The Bertz CT molecular complexity index is 1510. The van der Waals surface area contributed by atoms with Crippen molar-refractivity contribution in [1.29, 1.82) is 0 Å². The Balaban J connectivity index is 1.46. The van der Waals surface area contributed by atoms with Crippen molar-refractivity contribution < 1.29 is 36.3 Å². The van der Waals surface area contributed by atoms with Crippen molar-refractivity contribution in [3.63, 3.8) is 0 Å². The van der Waals surface area contributed by atoms with E-state index in [-0.39, 0.29) is 34.2 Å². The summed E-state index contributed by atoms with van der Waals surface area (Å²) in [5, 5.41) is 6.92. The van der Waals surface area contributed by atoms with Crippen LogP contribution < -0.4 is 21.1 Å². The number of alkyl halides is 3. The van der Waals surface area contributed by atoms with E-state index in [1.54, 1.807) is 13.1 Å². The zero-order chi connectivity index (χ0) is 28.3.